The Hall–Kier alpha value is -1.31. The van der Waals surface area contributed by atoms with Crippen LogP contribution < -0.4 is 0 Å². The lowest BCUT2D eigenvalue weighted by Crippen LogP contribution is -1.85. The number of hydrogen-bond acceptors (Lipinski definition) is 1. The maximum atomic E-state index is 4.06. The topological polar surface area (TPSA) is 17.3 Å². The van der Waals surface area contributed by atoms with E-state index in [1.807, 2.05) is 28.9 Å². The third kappa shape index (κ3) is 0.620. The van der Waals surface area contributed by atoms with Crippen molar-refractivity contribution in [3.8, 4) is 0 Å². The summed E-state index contributed by atoms with van der Waals surface area (Å²) in [5, 5.41) is 4.06. The summed E-state index contributed by atoms with van der Waals surface area (Å²) in [6.45, 7) is 3.86. The highest BCUT2D eigenvalue weighted by molar-refractivity contribution is 5.54. The van der Waals surface area contributed by atoms with Crippen LogP contribution in [-0.4, -0.2) is 9.61 Å². The molecule has 0 aromatic carbocycles. The Morgan fingerprint density at radius 2 is 2.30 bits per heavy atom. The summed E-state index contributed by atoms with van der Waals surface area (Å²) in [6.07, 6.45) is 3.67. The number of pyridine rings is 1. The van der Waals surface area contributed by atoms with Crippen LogP contribution in [-0.2, 0) is 0 Å². The summed E-state index contributed by atoms with van der Waals surface area (Å²) in [5.74, 6) is 0. The normalized spacial score (nSPS) is 10.5. The van der Waals surface area contributed by atoms with E-state index in [1.165, 1.54) is 0 Å². The fraction of sp³-hybridized carbons (Fsp3) is 0. The van der Waals surface area contributed by atoms with Crippen LogP contribution in [0.15, 0.2) is 30.6 Å². The first-order valence-corrected chi connectivity index (χ1v) is 3.12. The fourth-order valence-electron chi connectivity index (χ4n) is 1.01. The molecule has 0 bridgehead atoms. The molecule has 0 aliphatic heterocycles. The molecule has 0 aliphatic carbocycles. The molecule has 0 saturated carbocycles. The first-order valence-electron chi connectivity index (χ1n) is 3.12. The average molecular weight is 131 g/mol. The molecular weight excluding hydrogens is 124 g/mol. The Morgan fingerprint density at radius 3 is 3.10 bits per heavy atom. The molecule has 2 heteroatoms. The molecule has 0 atom stereocenters. The van der Waals surface area contributed by atoms with E-state index in [4.69, 9.17) is 0 Å². The van der Waals surface area contributed by atoms with E-state index in [1.54, 1.807) is 6.20 Å². The summed E-state index contributed by atoms with van der Waals surface area (Å²) in [5.41, 5.74) is 2.09. The molecule has 0 unspecified atom stereocenters. The van der Waals surface area contributed by atoms with Crippen molar-refractivity contribution in [1.29, 1.82) is 0 Å². The summed E-state index contributed by atoms with van der Waals surface area (Å²) in [7, 11) is 0. The van der Waals surface area contributed by atoms with Crippen molar-refractivity contribution in [3.63, 3.8) is 0 Å². The van der Waals surface area contributed by atoms with Crippen LogP contribution >= 0.6 is 0 Å². The molecule has 10 heavy (non-hydrogen) atoms. The second-order valence-electron chi connectivity index (χ2n) is 2.19. The van der Waals surface area contributed by atoms with E-state index in [0.29, 0.717) is 0 Å². The molecule has 0 saturated heterocycles. The Bertz CT molecular complexity index is 349. The van der Waals surface area contributed by atoms with Gasteiger partial charge in [-0.25, -0.2) is 4.52 Å². The second kappa shape index (κ2) is 1.84. The maximum Gasteiger partial charge on any atom is 0.0693 e. The first kappa shape index (κ1) is 5.47. The van der Waals surface area contributed by atoms with Gasteiger partial charge in [-0.3, -0.25) is 0 Å². The predicted molar refractivity (Wildman–Crippen MR) is 39.7 cm³/mol. The minimum atomic E-state index is 1.01. The highest BCUT2D eigenvalue weighted by Gasteiger charge is 1.93. The molecule has 0 spiro atoms. The number of aromatic nitrogens is 2. The van der Waals surface area contributed by atoms with Crippen molar-refractivity contribution < 1.29 is 0 Å². The van der Waals surface area contributed by atoms with Crippen molar-refractivity contribution in [3.05, 3.63) is 43.1 Å². The highest BCUT2D eigenvalue weighted by atomic mass is 15.2. The molecule has 0 N–H and O–H groups in total. The molecule has 1 radical (unpaired) electrons. The van der Waals surface area contributed by atoms with Gasteiger partial charge in [0.15, 0.2) is 0 Å². The smallest absolute Gasteiger partial charge is 0.0693 e. The van der Waals surface area contributed by atoms with Gasteiger partial charge >= 0.3 is 0 Å². The van der Waals surface area contributed by atoms with E-state index in [-0.39, 0.29) is 0 Å². The van der Waals surface area contributed by atoms with Gasteiger partial charge in [0.25, 0.3) is 0 Å². The highest BCUT2D eigenvalue weighted by Crippen LogP contribution is 2.06. The van der Waals surface area contributed by atoms with Crippen LogP contribution in [0, 0.1) is 6.92 Å². The molecule has 2 aromatic rings. The largest absolute Gasteiger partial charge is 0.241 e. The van der Waals surface area contributed by atoms with Gasteiger partial charge < -0.3 is 0 Å². The van der Waals surface area contributed by atoms with Gasteiger partial charge in [0.1, 0.15) is 0 Å². The zero-order chi connectivity index (χ0) is 6.97. The van der Waals surface area contributed by atoms with Gasteiger partial charge in [-0.2, -0.15) is 5.10 Å². The lowest BCUT2D eigenvalue weighted by molar-refractivity contribution is 0.959. The van der Waals surface area contributed by atoms with Gasteiger partial charge in [-0.15, -0.1) is 0 Å². The van der Waals surface area contributed by atoms with Crippen molar-refractivity contribution in [2.24, 2.45) is 0 Å². The molecule has 2 nitrogen and oxygen atoms in total. The third-order valence-electron chi connectivity index (χ3n) is 1.52. The van der Waals surface area contributed by atoms with Crippen molar-refractivity contribution >= 4 is 5.52 Å². The van der Waals surface area contributed by atoms with Crippen LogP contribution in [0.4, 0.5) is 0 Å². The van der Waals surface area contributed by atoms with Gasteiger partial charge in [-0.1, -0.05) is 6.07 Å². The van der Waals surface area contributed by atoms with E-state index < -0.39 is 0 Å². The monoisotopic (exact) mass is 131 g/mol. The zero-order valence-electron chi connectivity index (χ0n) is 5.49. The van der Waals surface area contributed by atoms with Crippen LogP contribution in [0.25, 0.3) is 5.52 Å². The second-order valence-corrected chi connectivity index (χ2v) is 2.19. The van der Waals surface area contributed by atoms with Crippen molar-refractivity contribution in [2.75, 3.05) is 0 Å². The van der Waals surface area contributed by atoms with E-state index in [2.05, 4.69) is 12.0 Å². The van der Waals surface area contributed by atoms with Crippen LogP contribution in [0.1, 0.15) is 5.56 Å². The Balaban J connectivity index is 2.95. The number of nitrogens with zero attached hydrogens (tertiary/aromatic N) is 2. The number of fused-ring (bicyclic) bond motifs is 1. The minimum absolute atomic E-state index is 1.01. The van der Waals surface area contributed by atoms with Gasteiger partial charge in [-0.05, 0) is 24.6 Å². The molecule has 2 heterocycles. The summed E-state index contributed by atoms with van der Waals surface area (Å²) < 4.78 is 1.81. The van der Waals surface area contributed by atoms with Crippen LogP contribution in [0.5, 0.6) is 0 Å². The molecule has 2 rings (SSSR count). The molecule has 0 aliphatic rings. The first-order chi connectivity index (χ1) is 4.88. The molecule has 0 amide bonds. The Kier molecular flexibility index (Phi) is 1.01. The van der Waals surface area contributed by atoms with Crippen LogP contribution in [0.3, 0.4) is 0 Å². The van der Waals surface area contributed by atoms with Crippen molar-refractivity contribution in [1.82, 2.24) is 9.61 Å². The summed E-state index contributed by atoms with van der Waals surface area (Å²) in [4.78, 5) is 0. The molecule has 0 fully saturated rings. The third-order valence-corrected chi connectivity index (χ3v) is 1.52. The lowest BCUT2D eigenvalue weighted by atomic mass is 10.2. The van der Waals surface area contributed by atoms with Gasteiger partial charge in [0.05, 0.1) is 5.52 Å². The lowest BCUT2D eigenvalue weighted by Gasteiger charge is -1.93. The molecular formula is C8H7N2. The van der Waals surface area contributed by atoms with E-state index >= 15 is 0 Å². The fourth-order valence-corrected chi connectivity index (χ4v) is 1.01. The molecule has 49 valence electrons. The van der Waals surface area contributed by atoms with E-state index in [9.17, 15) is 0 Å². The Morgan fingerprint density at radius 1 is 1.40 bits per heavy atom. The summed E-state index contributed by atoms with van der Waals surface area (Å²) in [6, 6.07) is 5.85. The number of rotatable bonds is 0. The van der Waals surface area contributed by atoms with Crippen LogP contribution in [0.2, 0.25) is 0 Å². The van der Waals surface area contributed by atoms with Gasteiger partial charge in [0.2, 0.25) is 0 Å². The summed E-state index contributed by atoms with van der Waals surface area (Å²) >= 11 is 0. The zero-order valence-corrected chi connectivity index (χ0v) is 5.49. The average Bonchev–Trinajstić information content (AvgIpc) is 2.36. The standard InChI is InChI=1S/C8H7N2/c1-7-3-2-6-10-8(7)4-5-9-10/h2-6H,1H2. The van der Waals surface area contributed by atoms with Gasteiger partial charge in [0, 0.05) is 12.4 Å². The van der Waals surface area contributed by atoms with E-state index in [0.717, 1.165) is 11.1 Å². The SMILES string of the molecule is [CH2]c1cccn2nccc12. The quantitative estimate of drug-likeness (QED) is 0.529. The number of hydrogen-bond donors (Lipinski definition) is 0. The predicted octanol–water partition coefficient (Wildman–Crippen LogP) is 1.52. The maximum absolute atomic E-state index is 4.06. The minimum Gasteiger partial charge on any atom is -0.241 e. The molecule has 2 aromatic heterocycles. The Labute approximate surface area is 59.1 Å². The van der Waals surface area contributed by atoms with Crippen molar-refractivity contribution in [2.45, 2.75) is 0 Å².